The van der Waals surface area contributed by atoms with Crippen LogP contribution in [0, 0.1) is 0 Å². The Balaban J connectivity index is 1.99. The number of rotatable bonds is 6. The minimum atomic E-state index is -0.388. The minimum Gasteiger partial charge on any atom is -0.423 e. The van der Waals surface area contributed by atoms with Crippen LogP contribution in [-0.2, 0) is 17.8 Å². The summed E-state index contributed by atoms with van der Waals surface area (Å²) in [5.74, 6) is 0.188. The lowest BCUT2D eigenvalue weighted by molar-refractivity contribution is -0.116. The van der Waals surface area contributed by atoms with Gasteiger partial charge in [0.25, 0.3) is 0 Å². The number of nitrogens with zero attached hydrogens (tertiary/aromatic N) is 1. The zero-order valence-corrected chi connectivity index (χ0v) is 13.7. The Morgan fingerprint density at radius 2 is 1.48 bits per heavy atom. The van der Waals surface area contributed by atoms with Crippen molar-refractivity contribution in [1.82, 2.24) is 4.90 Å². The fourth-order valence-corrected chi connectivity index (χ4v) is 2.24. The predicted octanol–water partition coefficient (Wildman–Crippen LogP) is 3.10. The van der Waals surface area contributed by atoms with E-state index >= 15 is 0 Å². The van der Waals surface area contributed by atoms with Crippen molar-refractivity contribution in [3.8, 4) is 5.75 Å². The first-order valence-corrected chi connectivity index (χ1v) is 7.48. The number of hydrogen-bond donors (Lipinski definition) is 0. The summed E-state index contributed by atoms with van der Waals surface area (Å²) in [6.45, 7) is 2.38. The van der Waals surface area contributed by atoms with Gasteiger partial charge in [0.2, 0.25) is 0 Å². The molecule has 0 radical (unpaired) electrons. The molecule has 23 heavy (non-hydrogen) atoms. The highest BCUT2D eigenvalue weighted by Crippen LogP contribution is 2.15. The van der Waals surface area contributed by atoms with Gasteiger partial charge in [-0.2, -0.15) is 0 Å². The second kappa shape index (κ2) is 7.70. The van der Waals surface area contributed by atoms with E-state index in [9.17, 15) is 9.59 Å². The Kier molecular flexibility index (Phi) is 5.66. The number of ketones is 1. The predicted molar refractivity (Wildman–Crippen MR) is 89.6 cm³/mol. The molecule has 0 N–H and O–H groups in total. The van der Waals surface area contributed by atoms with Crippen LogP contribution in [0.1, 0.15) is 28.4 Å². The van der Waals surface area contributed by atoms with E-state index in [0.29, 0.717) is 17.7 Å². The lowest BCUT2D eigenvalue weighted by Crippen LogP contribution is -2.12. The van der Waals surface area contributed by atoms with Crippen molar-refractivity contribution < 1.29 is 14.3 Å². The summed E-state index contributed by atoms with van der Waals surface area (Å²) in [7, 11) is 4.00. The van der Waals surface area contributed by atoms with E-state index < -0.39 is 0 Å². The van der Waals surface area contributed by atoms with E-state index in [1.807, 2.05) is 26.2 Å². The van der Waals surface area contributed by atoms with Gasteiger partial charge in [-0.05, 0) is 56.4 Å². The molecule has 2 rings (SSSR count). The lowest BCUT2D eigenvalue weighted by Gasteiger charge is -2.10. The normalized spacial score (nSPS) is 10.6. The Bertz CT molecular complexity index is 673. The summed E-state index contributed by atoms with van der Waals surface area (Å²) in [4.78, 5) is 25.3. The lowest BCUT2D eigenvalue weighted by atomic mass is 10.1. The molecule has 120 valence electrons. The third-order valence-electron chi connectivity index (χ3n) is 3.28. The van der Waals surface area contributed by atoms with Gasteiger partial charge in [-0.1, -0.05) is 24.3 Å². The molecule has 4 nitrogen and oxygen atoms in total. The van der Waals surface area contributed by atoms with E-state index in [1.54, 1.807) is 43.3 Å². The second-order valence-corrected chi connectivity index (χ2v) is 5.85. The largest absolute Gasteiger partial charge is 0.423 e. The van der Waals surface area contributed by atoms with Crippen molar-refractivity contribution in [3.05, 3.63) is 65.2 Å². The summed E-state index contributed by atoms with van der Waals surface area (Å²) >= 11 is 0. The van der Waals surface area contributed by atoms with Crippen LogP contribution in [0.25, 0.3) is 0 Å². The van der Waals surface area contributed by atoms with Crippen molar-refractivity contribution in [2.75, 3.05) is 14.1 Å². The number of carbonyl (C=O) groups excluding carboxylic acids is 2. The van der Waals surface area contributed by atoms with Crippen LogP contribution in [0.5, 0.6) is 5.75 Å². The minimum absolute atomic E-state index is 0.104. The summed E-state index contributed by atoms with van der Waals surface area (Å²) in [6, 6.07) is 14.4. The fraction of sp³-hybridized carbons (Fsp3) is 0.263. The molecule has 0 bridgehead atoms. The Hall–Kier alpha value is -2.46. The van der Waals surface area contributed by atoms with Crippen LogP contribution in [-0.4, -0.2) is 30.7 Å². The van der Waals surface area contributed by atoms with Crippen molar-refractivity contribution in [1.29, 1.82) is 0 Å². The number of Topliss-reactive ketones (excluding diaryl/α,β-unsaturated/α-hetero) is 1. The fourth-order valence-electron chi connectivity index (χ4n) is 2.24. The quantitative estimate of drug-likeness (QED) is 0.607. The molecular weight excluding hydrogens is 290 g/mol. The molecule has 0 aliphatic carbocycles. The maximum absolute atomic E-state index is 12.1. The maximum Gasteiger partial charge on any atom is 0.343 e. The van der Waals surface area contributed by atoms with Crippen molar-refractivity contribution >= 4 is 11.8 Å². The third-order valence-corrected chi connectivity index (χ3v) is 3.28. The molecule has 4 heteroatoms. The van der Waals surface area contributed by atoms with Crippen LogP contribution in [0.15, 0.2) is 48.5 Å². The van der Waals surface area contributed by atoms with E-state index in [0.717, 1.165) is 17.7 Å². The average Bonchev–Trinajstić information content (AvgIpc) is 2.49. The Labute approximate surface area is 136 Å². The smallest absolute Gasteiger partial charge is 0.343 e. The maximum atomic E-state index is 12.1. The van der Waals surface area contributed by atoms with Crippen LogP contribution < -0.4 is 4.74 Å². The highest BCUT2D eigenvalue weighted by atomic mass is 16.5. The highest BCUT2D eigenvalue weighted by molar-refractivity contribution is 5.91. The second-order valence-electron chi connectivity index (χ2n) is 5.85. The van der Waals surface area contributed by atoms with Gasteiger partial charge in [-0.15, -0.1) is 0 Å². The topological polar surface area (TPSA) is 46.6 Å². The molecule has 0 fully saturated rings. The molecule has 0 aromatic heterocycles. The molecule has 0 heterocycles. The van der Waals surface area contributed by atoms with Gasteiger partial charge in [0, 0.05) is 13.0 Å². The summed E-state index contributed by atoms with van der Waals surface area (Å²) in [6.07, 6.45) is 0.390. The molecule has 0 spiro atoms. The van der Waals surface area contributed by atoms with Gasteiger partial charge in [0.15, 0.2) is 0 Å². The molecule has 0 saturated heterocycles. The first kappa shape index (κ1) is 16.9. The third kappa shape index (κ3) is 5.34. The van der Waals surface area contributed by atoms with Gasteiger partial charge in [-0.25, -0.2) is 4.79 Å². The zero-order valence-electron chi connectivity index (χ0n) is 13.7. The number of hydrogen-bond acceptors (Lipinski definition) is 4. The van der Waals surface area contributed by atoms with E-state index in [2.05, 4.69) is 4.90 Å². The standard InChI is InChI=1S/C19H21NO3/c1-14(21)12-15-6-10-18(11-7-15)23-19(22)17-8-4-16(5-9-17)13-20(2)3/h4-11H,12-13H2,1-3H3. The zero-order chi connectivity index (χ0) is 16.8. The number of esters is 1. The van der Waals surface area contributed by atoms with Crippen molar-refractivity contribution in [2.24, 2.45) is 0 Å². The molecule has 0 unspecified atom stereocenters. The monoisotopic (exact) mass is 311 g/mol. The first-order valence-electron chi connectivity index (χ1n) is 7.48. The highest BCUT2D eigenvalue weighted by Gasteiger charge is 2.09. The van der Waals surface area contributed by atoms with Gasteiger partial charge < -0.3 is 9.64 Å². The van der Waals surface area contributed by atoms with Crippen LogP contribution >= 0.6 is 0 Å². The van der Waals surface area contributed by atoms with Crippen LogP contribution in [0.3, 0.4) is 0 Å². The van der Waals surface area contributed by atoms with E-state index in [4.69, 9.17) is 4.74 Å². The van der Waals surface area contributed by atoms with Crippen LogP contribution in [0.2, 0.25) is 0 Å². The van der Waals surface area contributed by atoms with Gasteiger partial charge >= 0.3 is 5.97 Å². The van der Waals surface area contributed by atoms with Crippen LogP contribution in [0.4, 0.5) is 0 Å². The Morgan fingerprint density at radius 1 is 0.913 bits per heavy atom. The molecule has 0 aliphatic rings. The molecule has 0 atom stereocenters. The van der Waals surface area contributed by atoms with Crippen molar-refractivity contribution in [2.45, 2.75) is 19.9 Å². The molecule has 0 amide bonds. The summed E-state index contributed by atoms with van der Waals surface area (Å²) < 4.78 is 5.35. The summed E-state index contributed by atoms with van der Waals surface area (Å²) in [5.41, 5.74) is 2.56. The van der Waals surface area contributed by atoms with Gasteiger partial charge in [0.1, 0.15) is 11.5 Å². The van der Waals surface area contributed by atoms with Gasteiger partial charge in [-0.3, -0.25) is 4.79 Å². The average molecular weight is 311 g/mol. The van der Waals surface area contributed by atoms with Crippen molar-refractivity contribution in [3.63, 3.8) is 0 Å². The SMILES string of the molecule is CC(=O)Cc1ccc(OC(=O)c2ccc(CN(C)C)cc2)cc1. The molecule has 2 aromatic rings. The van der Waals surface area contributed by atoms with Gasteiger partial charge in [0.05, 0.1) is 5.56 Å². The molecule has 0 aliphatic heterocycles. The first-order chi connectivity index (χ1) is 10.9. The summed E-state index contributed by atoms with van der Waals surface area (Å²) in [5, 5.41) is 0. The number of carbonyl (C=O) groups is 2. The molecule has 0 saturated carbocycles. The van der Waals surface area contributed by atoms with E-state index in [-0.39, 0.29) is 11.8 Å². The number of benzene rings is 2. The molecule has 2 aromatic carbocycles. The van der Waals surface area contributed by atoms with E-state index in [1.165, 1.54) is 0 Å². The number of ether oxygens (including phenoxy) is 1. The Morgan fingerprint density at radius 3 is 2.00 bits per heavy atom. The molecular formula is C19H21NO3.